The maximum Gasteiger partial charge on any atom is 0.286 e. The third-order valence-electron chi connectivity index (χ3n) is 3.62. The van der Waals surface area contributed by atoms with E-state index in [0.717, 1.165) is 17.3 Å². The van der Waals surface area contributed by atoms with Crippen LogP contribution in [0.15, 0.2) is 40.4 Å². The fraction of sp³-hybridized carbons (Fsp3) is 0.167. The molecule has 1 aliphatic heterocycles. The highest BCUT2D eigenvalue weighted by atomic mass is 32.2. The average molecular weight is 384 g/mol. The summed E-state index contributed by atoms with van der Waals surface area (Å²) in [5.74, 6) is -0.326. The molecule has 8 nitrogen and oxygen atoms in total. The number of amides is 2. The summed E-state index contributed by atoms with van der Waals surface area (Å²) in [6.07, 6.45) is 3.16. The number of methoxy groups -OCH3 is 1. The molecule has 1 aromatic carbocycles. The van der Waals surface area contributed by atoms with Crippen LogP contribution in [0.3, 0.4) is 0 Å². The van der Waals surface area contributed by atoms with Crippen molar-refractivity contribution in [3.8, 4) is 17.0 Å². The van der Waals surface area contributed by atoms with Crippen LogP contribution in [-0.2, 0) is 9.59 Å². The van der Waals surface area contributed by atoms with Crippen LogP contribution in [0, 0.1) is 0 Å². The highest BCUT2D eigenvalue weighted by Crippen LogP contribution is 2.31. The third kappa shape index (κ3) is 4.14. The zero-order valence-corrected chi connectivity index (χ0v) is 15.7. The van der Waals surface area contributed by atoms with Gasteiger partial charge in [-0.2, -0.15) is 10.1 Å². The number of ether oxygens (including phenoxy) is 1. The predicted molar refractivity (Wildman–Crippen MR) is 102 cm³/mol. The van der Waals surface area contributed by atoms with E-state index in [-0.39, 0.29) is 17.0 Å². The molecule has 9 heteroatoms. The molecule has 0 aliphatic carbocycles. The SMILES string of the molecule is COc1ccc(-c2nn(C(C)=O)cc2C=C2SC(NC(C)=O)=NC2=O)cc1. The van der Waals surface area contributed by atoms with Gasteiger partial charge in [0.2, 0.25) is 11.8 Å². The molecule has 2 amide bonds. The smallest absolute Gasteiger partial charge is 0.286 e. The van der Waals surface area contributed by atoms with Gasteiger partial charge >= 0.3 is 0 Å². The van der Waals surface area contributed by atoms with Crippen molar-refractivity contribution in [2.24, 2.45) is 4.99 Å². The van der Waals surface area contributed by atoms with E-state index in [1.807, 2.05) is 12.1 Å². The second-order valence-corrected chi connectivity index (χ2v) is 6.67. The number of thioether (sulfide) groups is 1. The fourth-order valence-electron chi connectivity index (χ4n) is 2.38. The van der Waals surface area contributed by atoms with Gasteiger partial charge in [-0.3, -0.25) is 14.4 Å². The van der Waals surface area contributed by atoms with E-state index in [0.29, 0.717) is 21.9 Å². The first kappa shape index (κ1) is 18.6. The van der Waals surface area contributed by atoms with Crippen LogP contribution in [0.5, 0.6) is 5.75 Å². The molecule has 1 aliphatic rings. The van der Waals surface area contributed by atoms with E-state index in [4.69, 9.17) is 4.74 Å². The molecular weight excluding hydrogens is 368 g/mol. The number of hydrogen-bond donors (Lipinski definition) is 1. The minimum Gasteiger partial charge on any atom is -0.497 e. The molecule has 0 spiro atoms. The predicted octanol–water partition coefficient (Wildman–Crippen LogP) is 2.33. The van der Waals surface area contributed by atoms with Crippen molar-refractivity contribution in [3.05, 3.63) is 40.9 Å². The number of nitrogens with zero attached hydrogens (tertiary/aromatic N) is 3. The minimum atomic E-state index is -0.458. The Bertz CT molecular complexity index is 989. The summed E-state index contributed by atoms with van der Waals surface area (Å²) in [5.41, 5.74) is 1.90. The largest absolute Gasteiger partial charge is 0.497 e. The maximum atomic E-state index is 12.1. The zero-order chi connectivity index (χ0) is 19.6. The Morgan fingerprint density at radius 3 is 2.52 bits per heavy atom. The Morgan fingerprint density at radius 2 is 1.93 bits per heavy atom. The van der Waals surface area contributed by atoms with Crippen LogP contribution in [0.2, 0.25) is 0 Å². The molecule has 0 fully saturated rings. The molecule has 0 bridgehead atoms. The lowest BCUT2D eigenvalue weighted by Crippen LogP contribution is -2.23. The highest BCUT2D eigenvalue weighted by Gasteiger charge is 2.24. The van der Waals surface area contributed by atoms with Crippen LogP contribution in [-0.4, -0.2) is 39.8 Å². The molecule has 1 N–H and O–H groups in total. The van der Waals surface area contributed by atoms with Crippen molar-refractivity contribution in [1.29, 1.82) is 0 Å². The topological polar surface area (TPSA) is 103 Å². The highest BCUT2D eigenvalue weighted by molar-refractivity contribution is 8.18. The summed E-state index contributed by atoms with van der Waals surface area (Å²) in [4.78, 5) is 39.1. The molecule has 2 aromatic rings. The second kappa shape index (κ2) is 7.58. The quantitative estimate of drug-likeness (QED) is 0.815. The number of amidine groups is 1. The number of hydrogen-bond acceptors (Lipinski definition) is 6. The second-order valence-electron chi connectivity index (χ2n) is 5.64. The minimum absolute atomic E-state index is 0.226. The lowest BCUT2D eigenvalue weighted by molar-refractivity contribution is -0.117. The first-order chi connectivity index (χ1) is 12.9. The summed E-state index contributed by atoms with van der Waals surface area (Å²) in [5, 5.41) is 7.04. The van der Waals surface area contributed by atoms with Crippen LogP contribution < -0.4 is 10.1 Å². The molecule has 138 valence electrons. The zero-order valence-electron chi connectivity index (χ0n) is 14.8. The fourth-order valence-corrected chi connectivity index (χ4v) is 3.23. The summed E-state index contributed by atoms with van der Waals surface area (Å²) >= 11 is 1.06. The van der Waals surface area contributed by atoms with E-state index in [9.17, 15) is 14.4 Å². The Balaban J connectivity index is 1.98. The Morgan fingerprint density at radius 1 is 1.22 bits per heavy atom. The van der Waals surface area contributed by atoms with Crippen LogP contribution in [0.25, 0.3) is 17.3 Å². The number of aromatic nitrogens is 2. The molecule has 3 rings (SSSR count). The monoisotopic (exact) mass is 384 g/mol. The molecule has 1 aromatic heterocycles. The number of rotatable bonds is 3. The van der Waals surface area contributed by atoms with Crippen molar-refractivity contribution in [1.82, 2.24) is 15.1 Å². The van der Waals surface area contributed by atoms with Crippen molar-refractivity contribution in [2.75, 3.05) is 7.11 Å². The average Bonchev–Trinajstić information content (AvgIpc) is 3.19. The molecule has 27 heavy (non-hydrogen) atoms. The molecule has 0 unspecified atom stereocenters. The summed E-state index contributed by atoms with van der Waals surface area (Å²) in [6.45, 7) is 2.74. The Hall–Kier alpha value is -3.20. The van der Waals surface area contributed by atoms with Crippen LogP contribution in [0.4, 0.5) is 0 Å². The molecule has 0 radical (unpaired) electrons. The van der Waals surface area contributed by atoms with Crippen LogP contribution in [0.1, 0.15) is 24.2 Å². The van der Waals surface area contributed by atoms with Gasteiger partial charge in [0.05, 0.1) is 12.0 Å². The van der Waals surface area contributed by atoms with E-state index in [2.05, 4.69) is 15.4 Å². The van der Waals surface area contributed by atoms with E-state index in [1.165, 1.54) is 18.5 Å². The van der Waals surface area contributed by atoms with Crippen molar-refractivity contribution in [2.45, 2.75) is 13.8 Å². The van der Waals surface area contributed by atoms with Gasteiger partial charge in [-0.15, -0.1) is 0 Å². The lowest BCUT2D eigenvalue weighted by atomic mass is 10.1. The first-order valence-corrected chi connectivity index (χ1v) is 8.74. The van der Waals surface area contributed by atoms with Crippen molar-refractivity contribution < 1.29 is 19.1 Å². The summed E-state index contributed by atoms with van der Waals surface area (Å²) in [7, 11) is 1.57. The maximum absolute atomic E-state index is 12.1. The van der Waals surface area contributed by atoms with Gasteiger partial charge in [0, 0.05) is 31.2 Å². The van der Waals surface area contributed by atoms with Gasteiger partial charge < -0.3 is 10.1 Å². The van der Waals surface area contributed by atoms with Crippen LogP contribution >= 0.6 is 11.8 Å². The first-order valence-electron chi connectivity index (χ1n) is 7.92. The van der Waals surface area contributed by atoms with Gasteiger partial charge in [-0.1, -0.05) is 0 Å². The Labute approximate surface area is 159 Å². The number of nitrogens with one attached hydrogen (secondary N) is 1. The molecule has 2 heterocycles. The van der Waals surface area contributed by atoms with E-state index < -0.39 is 5.91 Å². The standard InChI is InChI=1S/C18H16N4O4S/c1-10(23)19-18-20-17(25)15(27-18)8-13-9-22(11(2)24)21-16(13)12-4-6-14(26-3)7-5-12/h4-9H,1-3H3,(H,19,20,23,25). The summed E-state index contributed by atoms with van der Waals surface area (Å²) < 4.78 is 6.37. The van der Waals surface area contributed by atoms with Gasteiger partial charge in [-0.25, -0.2) is 4.68 Å². The van der Waals surface area contributed by atoms with Gasteiger partial charge in [0.1, 0.15) is 11.4 Å². The summed E-state index contributed by atoms with van der Waals surface area (Å²) in [6, 6.07) is 7.20. The van der Waals surface area contributed by atoms with Gasteiger partial charge in [0.25, 0.3) is 5.91 Å². The van der Waals surface area contributed by atoms with Gasteiger partial charge in [0.15, 0.2) is 5.17 Å². The van der Waals surface area contributed by atoms with E-state index in [1.54, 1.807) is 31.5 Å². The molecular formula is C18H16N4O4S. The lowest BCUT2D eigenvalue weighted by Gasteiger charge is -2.02. The van der Waals surface area contributed by atoms with Crippen molar-refractivity contribution in [3.63, 3.8) is 0 Å². The van der Waals surface area contributed by atoms with Crippen molar-refractivity contribution >= 4 is 40.7 Å². The number of benzene rings is 1. The third-order valence-corrected chi connectivity index (χ3v) is 4.52. The number of carbonyl (C=O) groups excluding carboxylic acids is 3. The normalized spacial score (nSPS) is 15.0. The molecule has 0 saturated carbocycles. The van der Waals surface area contributed by atoms with Gasteiger partial charge in [-0.05, 0) is 42.1 Å². The molecule has 0 atom stereocenters. The van der Waals surface area contributed by atoms with E-state index >= 15 is 0 Å². The number of aliphatic imine (C=N–C) groups is 1. The number of carbonyl (C=O) groups is 3. The Kier molecular flexibility index (Phi) is 5.22. The molecule has 0 saturated heterocycles.